The predicted molar refractivity (Wildman–Crippen MR) is 80.0 cm³/mol. The van der Waals surface area contributed by atoms with Gasteiger partial charge in [-0.1, -0.05) is 19.1 Å². The van der Waals surface area contributed by atoms with E-state index in [0.717, 1.165) is 28.6 Å². The molecule has 1 saturated carbocycles. The highest BCUT2D eigenvalue weighted by Crippen LogP contribution is 2.28. The maximum Gasteiger partial charge on any atom is 0.136 e. The molecular weight excluding hydrogens is 242 g/mol. The number of aryl methyl sites for hydroxylation is 2. The van der Waals surface area contributed by atoms with Crippen LogP contribution in [0.15, 0.2) is 6.07 Å². The van der Waals surface area contributed by atoms with Crippen LogP contribution in [0.25, 0.3) is 0 Å². The highest BCUT2D eigenvalue weighted by Gasteiger charge is 2.23. The minimum atomic E-state index is 0.425. The average molecular weight is 263 g/mol. The van der Waals surface area contributed by atoms with Gasteiger partial charge >= 0.3 is 0 Å². The summed E-state index contributed by atoms with van der Waals surface area (Å²) in [5.74, 6) is 1.65. The molecule has 0 aromatic carbocycles. The Bertz CT molecular complexity index is 470. The number of anilines is 1. The van der Waals surface area contributed by atoms with Crippen molar-refractivity contribution in [3.05, 3.63) is 22.9 Å². The molecule has 4 heteroatoms. The highest BCUT2D eigenvalue weighted by molar-refractivity contribution is 7.80. The summed E-state index contributed by atoms with van der Waals surface area (Å²) < 4.78 is 0. The Labute approximate surface area is 114 Å². The monoisotopic (exact) mass is 263 g/mol. The van der Waals surface area contributed by atoms with Gasteiger partial charge in [-0.2, -0.15) is 0 Å². The summed E-state index contributed by atoms with van der Waals surface area (Å²) in [6, 6.07) is 2.53. The van der Waals surface area contributed by atoms with Crippen LogP contribution in [0.1, 0.15) is 43.0 Å². The first-order valence-electron chi connectivity index (χ1n) is 6.52. The van der Waals surface area contributed by atoms with Crippen LogP contribution in [0, 0.1) is 19.8 Å². The third-order valence-electron chi connectivity index (χ3n) is 3.63. The van der Waals surface area contributed by atoms with Crippen molar-refractivity contribution >= 4 is 23.0 Å². The van der Waals surface area contributed by atoms with Crippen LogP contribution >= 0.6 is 12.2 Å². The summed E-state index contributed by atoms with van der Waals surface area (Å²) in [4.78, 5) is 4.99. The molecule has 3 nitrogen and oxygen atoms in total. The normalized spacial score (nSPS) is 23.1. The number of hydrogen-bond donors (Lipinski definition) is 2. The topological polar surface area (TPSA) is 50.9 Å². The Morgan fingerprint density at radius 2 is 2.17 bits per heavy atom. The van der Waals surface area contributed by atoms with E-state index < -0.39 is 0 Å². The molecule has 0 saturated heterocycles. The van der Waals surface area contributed by atoms with Crippen LogP contribution < -0.4 is 11.1 Å². The Morgan fingerprint density at radius 1 is 1.44 bits per heavy atom. The molecule has 2 rings (SSSR count). The average Bonchev–Trinajstić information content (AvgIpc) is 2.62. The summed E-state index contributed by atoms with van der Waals surface area (Å²) >= 11 is 5.14. The summed E-state index contributed by atoms with van der Waals surface area (Å²) in [6.07, 6.45) is 3.68. The lowest BCUT2D eigenvalue weighted by molar-refractivity contribution is 0.602. The number of nitrogens with two attached hydrogens (primary N) is 1. The quantitative estimate of drug-likeness (QED) is 0.823. The Morgan fingerprint density at radius 3 is 2.72 bits per heavy atom. The number of hydrogen-bond acceptors (Lipinski definition) is 3. The molecule has 1 aliphatic carbocycles. The van der Waals surface area contributed by atoms with Crippen molar-refractivity contribution in [2.75, 3.05) is 5.32 Å². The first kappa shape index (κ1) is 13.3. The fourth-order valence-corrected chi connectivity index (χ4v) is 3.04. The van der Waals surface area contributed by atoms with Crippen molar-refractivity contribution in [1.82, 2.24) is 4.98 Å². The number of aromatic nitrogens is 1. The van der Waals surface area contributed by atoms with Gasteiger partial charge in [0.15, 0.2) is 0 Å². The fourth-order valence-electron chi connectivity index (χ4n) is 2.78. The zero-order valence-corrected chi connectivity index (χ0v) is 12.1. The van der Waals surface area contributed by atoms with Crippen molar-refractivity contribution in [3.8, 4) is 0 Å². The van der Waals surface area contributed by atoms with Crippen molar-refractivity contribution in [3.63, 3.8) is 0 Å². The van der Waals surface area contributed by atoms with Crippen molar-refractivity contribution in [2.24, 2.45) is 11.7 Å². The number of thiocarbonyl (C=S) groups is 1. The Balaban J connectivity index is 2.28. The molecule has 2 atom stereocenters. The minimum absolute atomic E-state index is 0.425. The van der Waals surface area contributed by atoms with Gasteiger partial charge in [0.25, 0.3) is 0 Å². The van der Waals surface area contributed by atoms with E-state index in [0.29, 0.717) is 11.0 Å². The van der Waals surface area contributed by atoms with Gasteiger partial charge in [-0.3, -0.25) is 0 Å². The number of rotatable bonds is 3. The minimum Gasteiger partial charge on any atom is -0.389 e. The van der Waals surface area contributed by atoms with Gasteiger partial charge < -0.3 is 11.1 Å². The maximum absolute atomic E-state index is 5.82. The molecule has 3 N–H and O–H groups in total. The van der Waals surface area contributed by atoms with E-state index in [2.05, 4.69) is 17.2 Å². The van der Waals surface area contributed by atoms with E-state index in [9.17, 15) is 0 Å². The zero-order chi connectivity index (χ0) is 13.3. The van der Waals surface area contributed by atoms with Crippen LogP contribution in [0.4, 0.5) is 5.82 Å². The van der Waals surface area contributed by atoms with Crippen molar-refractivity contribution in [2.45, 2.75) is 46.1 Å². The maximum atomic E-state index is 5.82. The van der Waals surface area contributed by atoms with E-state index >= 15 is 0 Å². The summed E-state index contributed by atoms with van der Waals surface area (Å²) in [5, 5.41) is 3.52. The smallest absolute Gasteiger partial charge is 0.136 e. The predicted octanol–water partition coefficient (Wildman–Crippen LogP) is 2.93. The molecule has 98 valence electrons. The molecule has 18 heavy (non-hydrogen) atoms. The SMILES string of the molecule is Cc1cc(C)c(C(N)=S)c(NC2CCC(C)C2)n1. The van der Waals surface area contributed by atoms with Crippen LogP contribution in [-0.4, -0.2) is 16.0 Å². The Hall–Kier alpha value is -1.16. The zero-order valence-electron chi connectivity index (χ0n) is 11.3. The van der Waals surface area contributed by atoms with E-state index in [4.69, 9.17) is 18.0 Å². The molecule has 0 spiro atoms. The third-order valence-corrected chi connectivity index (χ3v) is 3.83. The highest BCUT2D eigenvalue weighted by atomic mass is 32.1. The Kier molecular flexibility index (Phi) is 3.85. The van der Waals surface area contributed by atoms with Gasteiger partial charge in [0.1, 0.15) is 10.8 Å². The lowest BCUT2D eigenvalue weighted by atomic mass is 10.1. The summed E-state index contributed by atoms with van der Waals surface area (Å²) in [7, 11) is 0. The first-order chi connectivity index (χ1) is 8.47. The first-order valence-corrected chi connectivity index (χ1v) is 6.92. The van der Waals surface area contributed by atoms with Gasteiger partial charge in [-0.25, -0.2) is 4.98 Å². The fraction of sp³-hybridized carbons (Fsp3) is 0.571. The van der Waals surface area contributed by atoms with E-state index in [1.807, 2.05) is 19.9 Å². The molecule has 0 amide bonds. The summed E-state index contributed by atoms with van der Waals surface area (Å²) in [5.41, 5.74) is 8.82. The molecule has 1 aromatic rings. The molecule has 0 aliphatic heterocycles. The number of pyridine rings is 1. The summed E-state index contributed by atoms with van der Waals surface area (Å²) in [6.45, 7) is 6.33. The molecule has 1 aliphatic rings. The molecule has 1 aromatic heterocycles. The molecule has 2 unspecified atom stereocenters. The van der Waals surface area contributed by atoms with Gasteiger partial charge in [0.2, 0.25) is 0 Å². The van der Waals surface area contributed by atoms with Gasteiger partial charge in [0.05, 0.1) is 5.56 Å². The van der Waals surface area contributed by atoms with Gasteiger partial charge in [-0.05, 0) is 50.7 Å². The molecule has 1 fully saturated rings. The van der Waals surface area contributed by atoms with E-state index in [1.165, 1.54) is 19.3 Å². The molecular formula is C14H21N3S. The van der Waals surface area contributed by atoms with Crippen molar-refractivity contribution in [1.29, 1.82) is 0 Å². The lowest BCUT2D eigenvalue weighted by Crippen LogP contribution is -2.22. The molecule has 1 heterocycles. The molecule has 0 bridgehead atoms. The van der Waals surface area contributed by atoms with Gasteiger partial charge in [0, 0.05) is 11.7 Å². The van der Waals surface area contributed by atoms with Crippen LogP contribution in [0.3, 0.4) is 0 Å². The number of nitrogens with one attached hydrogen (secondary N) is 1. The largest absolute Gasteiger partial charge is 0.389 e. The standard InChI is InChI=1S/C14H21N3S/c1-8-4-5-11(6-8)17-14-12(13(15)18)9(2)7-10(3)16-14/h7-8,11H,4-6H2,1-3H3,(H2,15,18)(H,16,17). The number of nitrogens with zero attached hydrogens (tertiary/aromatic N) is 1. The van der Waals surface area contributed by atoms with E-state index in [-0.39, 0.29) is 0 Å². The van der Waals surface area contributed by atoms with Crippen LogP contribution in [0.2, 0.25) is 0 Å². The van der Waals surface area contributed by atoms with Crippen LogP contribution in [0.5, 0.6) is 0 Å². The third kappa shape index (κ3) is 2.80. The molecule has 0 radical (unpaired) electrons. The van der Waals surface area contributed by atoms with Crippen molar-refractivity contribution < 1.29 is 0 Å². The second-order valence-electron chi connectivity index (χ2n) is 5.43. The van der Waals surface area contributed by atoms with Crippen LogP contribution in [-0.2, 0) is 0 Å². The second-order valence-corrected chi connectivity index (χ2v) is 5.87. The lowest BCUT2D eigenvalue weighted by Gasteiger charge is -2.18. The van der Waals surface area contributed by atoms with Gasteiger partial charge in [-0.15, -0.1) is 0 Å². The second kappa shape index (κ2) is 5.22. The van der Waals surface area contributed by atoms with E-state index in [1.54, 1.807) is 0 Å².